The average molecular weight is 1110 g/mol. The molecule has 460 valence electrons. The molecule has 2 heterocycles. The van der Waals surface area contributed by atoms with E-state index in [0.717, 1.165) is 57.8 Å². The molecule has 12 unspecified atom stereocenters. The van der Waals surface area contributed by atoms with Gasteiger partial charge in [-0.05, 0) is 44.9 Å². The topological polar surface area (TPSA) is 228 Å². The summed E-state index contributed by atoms with van der Waals surface area (Å²) in [4.78, 5) is 13.2. The molecule has 2 saturated heterocycles. The molecule has 1 amide bonds. The van der Waals surface area contributed by atoms with Gasteiger partial charge in [-0.25, -0.2) is 0 Å². The first kappa shape index (κ1) is 72.6. The number of hydrogen-bond donors (Lipinski definition) is 9. The molecule has 0 saturated carbocycles. The van der Waals surface area contributed by atoms with Crippen LogP contribution in [0.25, 0.3) is 0 Å². The highest BCUT2D eigenvalue weighted by Gasteiger charge is 2.51. The van der Waals surface area contributed by atoms with E-state index in [2.05, 4.69) is 31.3 Å². The third-order valence-electron chi connectivity index (χ3n) is 16.1. The number of ether oxygens (including phenoxy) is 4. The van der Waals surface area contributed by atoms with E-state index in [9.17, 15) is 45.6 Å². The van der Waals surface area contributed by atoms with Crippen molar-refractivity contribution >= 4 is 5.91 Å². The van der Waals surface area contributed by atoms with Crippen LogP contribution in [0.3, 0.4) is 0 Å². The lowest BCUT2D eigenvalue weighted by Gasteiger charge is -2.46. The van der Waals surface area contributed by atoms with E-state index < -0.39 is 86.8 Å². The molecule has 0 spiro atoms. The van der Waals surface area contributed by atoms with Gasteiger partial charge < -0.3 is 65.1 Å². The number of rotatable bonds is 53. The SMILES string of the molecule is CCCCCCC/C=C\CCCCCCCC(=O)NC(COC1OC(CO)C(OC2OC(CO)C(O)C(O)C2O)C(O)C1O)C(O)/C=C/CCCCCCCCCCCCCCCCCCCCCCCCCCCCCC. The van der Waals surface area contributed by atoms with Crippen molar-refractivity contribution in [3.63, 3.8) is 0 Å². The first-order chi connectivity index (χ1) is 38.1. The molecule has 0 aliphatic carbocycles. The summed E-state index contributed by atoms with van der Waals surface area (Å²) in [6, 6.07) is -0.917. The van der Waals surface area contributed by atoms with Crippen molar-refractivity contribution in [2.45, 2.75) is 357 Å². The maximum Gasteiger partial charge on any atom is 0.220 e. The number of aliphatic hydroxyl groups is 8. The average Bonchev–Trinajstić information content (AvgIpc) is 3.48. The van der Waals surface area contributed by atoms with Crippen molar-refractivity contribution in [2.24, 2.45) is 0 Å². The summed E-state index contributed by atoms with van der Waals surface area (Å²) >= 11 is 0. The summed E-state index contributed by atoms with van der Waals surface area (Å²) < 4.78 is 22.8. The Morgan fingerprint density at radius 3 is 1.22 bits per heavy atom. The Bertz CT molecular complexity index is 1400. The van der Waals surface area contributed by atoms with Crippen molar-refractivity contribution in [3.05, 3.63) is 24.3 Å². The molecule has 9 N–H and O–H groups in total. The summed E-state index contributed by atoms with van der Waals surface area (Å²) in [6.45, 7) is 2.81. The molecule has 12 atom stereocenters. The minimum atomic E-state index is -1.79. The highest BCUT2D eigenvalue weighted by Crippen LogP contribution is 2.30. The van der Waals surface area contributed by atoms with Gasteiger partial charge in [0.25, 0.3) is 0 Å². The van der Waals surface area contributed by atoms with Gasteiger partial charge in [0.1, 0.15) is 48.8 Å². The van der Waals surface area contributed by atoms with Crippen LogP contribution >= 0.6 is 0 Å². The molecule has 2 aliphatic heterocycles. The number of nitrogens with one attached hydrogen (secondary N) is 1. The number of carbonyl (C=O) groups is 1. The molecule has 0 radical (unpaired) electrons. The molecule has 2 rings (SSSR count). The molecule has 0 aromatic carbocycles. The third kappa shape index (κ3) is 34.8. The van der Waals surface area contributed by atoms with Crippen LogP contribution in [0.15, 0.2) is 24.3 Å². The van der Waals surface area contributed by atoms with Gasteiger partial charge in [-0.2, -0.15) is 0 Å². The fourth-order valence-corrected chi connectivity index (χ4v) is 10.9. The van der Waals surface area contributed by atoms with E-state index in [4.69, 9.17) is 18.9 Å². The fourth-order valence-electron chi connectivity index (χ4n) is 10.9. The van der Waals surface area contributed by atoms with Crippen LogP contribution in [-0.2, 0) is 23.7 Å². The van der Waals surface area contributed by atoms with Crippen LogP contribution in [0.5, 0.6) is 0 Å². The largest absolute Gasteiger partial charge is 0.394 e. The standard InChI is InChI=1S/C64H121NO13/c1-3-5-7-9-11-13-15-17-19-20-21-22-23-24-25-26-27-28-29-30-31-32-33-34-35-37-39-41-43-45-47-53(68)52(65-56(69)48-46-44-42-40-38-36-18-16-14-12-10-8-6-4-2)51-75-63-61(74)59(72)62(55(50-67)77-63)78-64-60(73)58(71)57(70)54(49-66)76-64/h16,18,45,47,52-55,57-64,66-68,70-74H,3-15,17,19-44,46,48-51H2,1-2H3,(H,65,69)/b18-16-,47-45+. The summed E-state index contributed by atoms with van der Waals surface area (Å²) in [6.07, 6.45) is 43.8. The zero-order valence-corrected chi connectivity index (χ0v) is 49.7. The van der Waals surface area contributed by atoms with Crippen LogP contribution in [-0.4, -0.2) is 140 Å². The van der Waals surface area contributed by atoms with Crippen LogP contribution < -0.4 is 5.32 Å². The van der Waals surface area contributed by atoms with Crippen LogP contribution in [0.4, 0.5) is 0 Å². The lowest BCUT2D eigenvalue weighted by atomic mass is 9.97. The summed E-state index contributed by atoms with van der Waals surface area (Å²) in [5, 5.41) is 87.2. The fraction of sp³-hybridized carbons (Fsp3) is 0.922. The Balaban J connectivity index is 1.67. The number of hydrogen-bond acceptors (Lipinski definition) is 13. The van der Waals surface area contributed by atoms with Gasteiger partial charge >= 0.3 is 0 Å². The van der Waals surface area contributed by atoms with Gasteiger partial charge in [0.2, 0.25) is 5.91 Å². The molecular weight excluding hydrogens is 991 g/mol. The number of carbonyl (C=O) groups excluding carboxylic acids is 1. The van der Waals surface area contributed by atoms with Gasteiger partial charge in [0.15, 0.2) is 12.6 Å². The van der Waals surface area contributed by atoms with Crippen LogP contribution in [0, 0.1) is 0 Å². The molecule has 78 heavy (non-hydrogen) atoms. The number of allylic oxidation sites excluding steroid dienone is 3. The zero-order valence-electron chi connectivity index (χ0n) is 49.7. The molecule has 2 fully saturated rings. The second-order valence-electron chi connectivity index (χ2n) is 23.2. The number of amides is 1. The lowest BCUT2D eigenvalue weighted by molar-refractivity contribution is -0.359. The first-order valence-electron chi connectivity index (χ1n) is 32.6. The van der Waals surface area contributed by atoms with Gasteiger partial charge in [-0.3, -0.25) is 4.79 Å². The van der Waals surface area contributed by atoms with E-state index >= 15 is 0 Å². The molecule has 0 aromatic rings. The Labute approximate surface area is 475 Å². The van der Waals surface area contributed by atoms with Crippen LogP contribution in [0.1, 0.15) is 284 Å². The maximum atomic E-state index is 13.2. The van der Waals surface area contributed by atoms with E-state index in [1.807, 2.05) is 6.08 Å². The predicted molar refractivity (Wildman–Crippen MR) is 314 cm³/mol. The molecule has 0 bridgehead atoms. The summed E-state index contributed by atoms with van der Waals surface area (Å²) in [7, 11) is 0. The second kappa shape index (κ2) is 50.0. The van der Waals surface area contributed by atoms with E-state index in [1.54, 1.807) is 6.08 Å². The Kier molecular flexibility index (Phi) is 46.5. The van der Waals surface area contributed by atoms with Gasteiger partial charge in [-0.15, -0.1) is 0 Å². The minimum Gasteiger partial charge on any atom is -0.394 e. The smallest absolute Gasteiger partial charge is 0.220 e. The molecule has 14 heteroatoms. The molecular formula is C64H121NO13. The lowest BCUT2D eigenvalue weighted by Crippen LogP contribution is -2.65. The van der Waals surface area contributed by atoms with Crippen molar-refractivity contribution in [2.75, 3.05) is 19.8 Å². The normalized spacial score (nSPS) is 24.6. The van der Waals surface area contributed by atoms with Crippen molar-refractivity contribution in [1.29, 1.82) is 0 Å². The summed E-state index contributed by atoms with van der Waals surface area (Å²) in [5.74, 6) is -0.245. The van der Waals surface area contributed by atoms with Crippen LogP contribution in [0.2, 0.25) is 0 Å². The Morgan fingerprint density at radius 1 is 0.449 bits per heavy atom. The first-order valence-corrected chi connectivity index (χ1v) is 32.6. The van der Waals surface area contributed by atoms with Crippen molar-refractivity contribution in [3.8, 4) is 0 Å². The van der Waals surface area contributed by atoms with Gasteiger partial charge in [0, 0.05) is 6.42 Å². The Hall–Kier alpha value is -1.53. The highest BCUT2D eigenvalue weighted by atomic mass is 16.7. The van der Waals surface area contributed by atoms with Gasteiger partial charge in [0.05, 0.1) is 32.0 Å². The molecule has 2 aliphatic rings. The minimum absolute atomic E-state index is 0.245. The number of unbranched alkanes of at least 4 members (excludes halogenated alkanes) is 38. The summed E-state index contributed by atoms with van der Waals surface area (Å²) in [5.41, 5.74) is 0. The monoisotopic (exact) mass is 1110 g/mol. The molecule has 0 aromatic heterocycles. The zero-order chi connectivity index (χ0) is 56.7. The molecule has 14 nitrogen and oxygen atoms in total. The predicted octanol–water partition coefficient (Wildman–Crippen LogP) is 12.0. The maximum absolute atomic E-state index is 13.2. The van der Waals surface area contributed by atoms with E-state index in [0.29, 0.717) is 6.42 Å². The van der Waals surface area contributed by atoms with E-state index in [1.165, 1.54) is 199 Å². The third-order valence-corrected chi connectivity index (χ3v) is 16.1. The Morgan fingerprint density at radius 2 is 0.808 bits per heavy atom. The second-order valence-corrected chi connectivity index (χ2v) is 23.2. The number of aliphatic hydroxyl groups excluding tert-OH is 8. The van der Waals surface area contributed by atoms with Gasteiger partial charge in [-0.1, -0.05) is 256 Å². The van der Waals surface area contributed by atoms with E-state index in [-0.39, 0.29) is 18.9 Å². The van der Waals surface area contributed by atoms with Crippen molar-refractivity contribution < 1.29 is 64.6 Å². The highest BCUT2D eigenvalue weighted by molar-refractivity contribution is 5.76. The van der Waals surface area contributed by atoms with Crippen molar-refractivity contribution in [1.82, 2.24) is 5.32 Å². The quantitative estimate of drug-likeness (QED) is 0.0204.